The molecule has 0 saturated carbocycles. The number of nitrogens with zero attached hydrogens (tertiary/aromatic N) is 2. The predicted molar refractivity (Wildman–Crippen MR) is 139 cm³/mol. The molecule has 0 aliphatic carbocycles. The summed E-state index contributed by atoms with van der Waals surface area (Å²) in [6.07, 6.45) is 1.49. The molecule has 2 aromatic heterocycles. The van der Waals surface area contributed by atoms with Crippen molar-refractivity contribution >= 4 is 45.5 Å². The summed E-state index contributed by atoms with van der Waals surface area (Å²) >= 11 is 5.99. The highest BCUT2D eigenvalue weighted by Crippen LogP contribution is 2.16. The molecule has 0 radical (unpaired) electrons. The van der Waals surface area contributed by atoms with E-state index >= 15 is 0 Å². The Bertz CT molecular complexity index is 1820. The molecule has 0 bridgehead atoms. The molecular formula is C26H18ClN5O4. The Morgan fingerprint density at radius 3 is 2.50 bits per heavy atom. The van der Waals surface area contributed by atoms with Crippen LogP contribution in [0.1, 0.15) is 21.5 Å². The maximum atomic E-state index is 13.1. The van der Waals surface area contributed by atoms with E-state index in [-0.39, 0.29) is 28.7 Å². The summed E-state index contributed by atoms with van der Waals surface area (Å²) in [7, 11) is 0. The molecule has 5 aromatic rings. The first-order valence-electron chi connectivity index (χ1n) is 10.9. The van der Waals surface area contributed by atoms with Crippen molar-refractivity contribution in [1.82, 2.24) is 20.2 Å². The molecule has 0 fully saturated rings. The van der Waals surface area contributed by atoms with E-state index in [2.05, 4.69) is 20.6 Å². The average Bonchev–Trinajstić information content (AvgIpc) is 2.88. The first-order valence-corrected chi connectivity index (χ1v) is 11.2. The second kappa shape index (κ2) is 9.47. The lowest BCUT2D eigenvalue weighted by molar-refractivity contribution is 0.0955. The Morgan fingerprint density at radius 1 is 1.00 bits per heavy atom. The first-order chi connectivity index (χ1) is 17.4. The number of carbonyl (C=O) groups excluding carboxylic acids is 1. The van der Waals surface area contributed by atoms with E-state index in [0.29, 0.717) is 27.2 Å². The van der Waals surface area contributed by atoms with Gasteiger partial charge in [0.05, 0.1) is 18.3 Å². The molecule has 0 saturated heterocycles. The van der Waals surface area contributed by atoms with Crippen LogP contribution in [-0.2, 0) is 6.54 Å². The fraction of sp³-hybridized carbons (Fsp3) is 0.0385. The fourth-order valence-corrected chi connectivity index (χ4v) is 4.00. The predicted octanol–water partition coefficient (Wildman–Crippen LogP) is 3.00. The van der Waals surface area contributed by atoms with Crippen molar-refractivity contribution in [1.29, 1.82) is 0 Å². The van der Waals surface area contributed by atoms with Crippen molar-refractivity contribution < 1.29 is 4.79 Å². The molecule has 1 amide bonds. The van der Waals surface area contributed by atoms with Crippen LogP contribution in [0.25, 0.3) is 21.8 Å². The third-order valence-electron chi connectivity index (χ3n) is 5.62. The van der Waals surface area contributed by atoms with Crippen molar-refractivity contribution in [3.63, 3.8) is 0 Å². The summed E-state index contributed by atoms with van der Waals surface area (Å²) in [6.45, 7) is 0.0459. The van der Waals surface area contributed by atoms with E-state index in [1.54, 1.807) is 54.6 Å². The third-order valence-corrected chi connectivity index (χ3v) is 5.86. The number of benzene rings is 3. The summed E-state index contributed by atoms with van der Waals surface area (Å²) in [4.78, 5) is 53.7. The largest absolute Gasteiger partial charge is 0.350 e. The number of hydrogen-bond acceptors (Lipinski definition) is 5. The van der Waals surface area contributed by atoms with Crippen LogP contribution in [0, 0.1) is 0 Å². The zero-order valence-electron chi connectivity index (χ0n) is 18.6. The van der Waals surface area contributed by atoms with Gasteiger partial charge in [-0.1, -0.05) is 54.1 Å². The Labute approximate surface area is 207 Å². The Balaban J connectivity index is 1.39. The van der Waals surface area contributed by atoms with Gasteiger partial charge in [0.25, 0.3) is 17.0 Å². The van der Waals surface area contributed by atoms with E-state index in [4.69, 9.17) is 11.6 Å². The highest BCUT2D eigenvalue weighted by Gasteiger charge is 2.15. The summed E-state index contributed by atoms with van der Waals surface area (Å²) in [5.74, 6) is -0.325. The smallest absolute Gasteiger partial charge is 0.287 e. The minimum Gasteiger partial charge on any atom is -0.350 e. The van der Waals surface area contributed by atoms with Crippen molar-refractivity contribution in [3.8, 4) is 0 Å². The van der Waals surface area contributed by atoms with E-state index in [9.17, 15) is 19.2 Å². The Hall–Kier alpha value is -4.76. The fourth-order valence-electron chi connectivity index (χ4n) is 3.82. The van der Waals surface area contributed by atoms with Crippen LogP contribution in [-0.4, -0.2) is 26.9 Å². The van der Waals surface area contributed by atoms with Gasteiger partial charge in [0.15, 0.2) is 0 Å². The molecule has 0 spiro atoms. The minimum absolute atomic E-state index is 0.0459. The molecule has 178 valence electrons. The van der Waals surface area contributed by atoms with Crippen molar-refractivity contribution in [2.45, 2.75) is 6.54 Å². The number of H-pyrrole nitrogens is 2. The molecule has 0 aliphatic heterocycles. The molecule has 10 heteroatoms. The molecule has 0 unspecified atom stereocenters. The number of carbonyl (C=O) groups is 1. The van der Waals surface area contributed by atoms with Crippen LogP contribution in [0.2, 0.25) is 5.02 Å². The number of halogens is 1. The van der Waals surface area contributed by atoms with Gasteiger partial charge >= 0.3 is 0 Å². The lowest BCUT2D eigenvalue weighted by Gasteiger charge is -2.08. The molecule has 5 rings (SSSR count). The second-order valence-corrected chi connectivity index (χ2v) is 8.47. The summed E-state index contributed by atoms with van der Waals surface area (Å²) in [6, 6.07) is 20.3. The van der Waals surface area contributed by atoms with Gasteiger partial charge in [-0.3, -0.25) is 24.3 Å². The molecular weight excluding hydrogens is 482 g/mol. The zero-order valence-corrected chi connectivity index (χ0v) is 19.4. The van der Waals surface area contributed by atoms with Crippen molar-refractivity contribution in [3.05, 3.63) is 125 Å². The van der Waals surface area contributed by atoms with Gasteiger partial charge in [-0.2, -0.15) is 5.10 Å². The lowest BCUT2D eigenvalue weighted by atomic mass is 10.1. The number of aromatic amines is 2. The average molecular weight is 500 g/mol. The number of rotatable bonds is 5. The summed E-state index contributed by atoms with van der Waals surface area (Å²) in [5, 5.41) is 6.93. The van der Waals surface area contributed by atoms with Crippen LogP contribution in [0.15, 0.2) is 92.3 Å². The summed E-state index contributed by atoms with van der Waals surface area (Å²) < 4.78 is 1.10. The van der Waals surface area contributed by atoms with E-state index in [1.165, 1.54) is 18.3 Å². The van der Waals surface area contributed by atoms with Crippen LogP contribution in [0.4, 0.5) is 0 Å². The Morgan fingerprint density at radius 2 is 1.75 bits per heavy atom. The standard InChI is InChI=1S/C26H18ClN5O4/c27-18-10-11-19-20(12-18)29-22-21(23(19)33)26(36)32(31-25(22)35)14-16-8-6-15(7-9-16)13-28-30-24(34)17-4-2-1-3-5-17/h1-13H,14H2,(H,29,33)(H,30,34)(H,31,35). The molecule has 0 aliphatic rings. The van der Waals surface area contributed by atoms with Crippen LogP contribution in [0.3, 0.4) is 0 Å². The van der Waals surface area contributed by atoms with Crippen molar-refractivity contribution in [2.24, 2.45) is 5.10 Å². The van der Waals surface area contributed by atoms with E-state index in [0.717, 1.165) is 4.68 Å². The number of aromatic nitrogens is 3. The number of nitrogens with one attached hydrogen (secondary N) is 3. The maximum Gasteiger partial charge on any atom is 0.287 e. The van der Waals surface area contributed by atoms with Gasteiger partial charge in [-0.15, -0.1) is 0 Å². The van der Waals surface area contributed by atoms with Crippen LogP contribution < -0.4 is 22.0 Å². The van der Waals surface area contributed by atoms with Gasteiger partial charge < -0.3 is 4.98 Å². The normalized spacial score (nSPS) is 11.4. The molecule has 3 aromatic carbocycles. The van der Waals surface area contributed by atoms with E-state index < -0.39 is 16.5 Å². The highest BCUT2D eigenvalue weighted by atomic mass is 35.5. The van der Waals surface area contributed by atoms with Gasteiger partial charge in [0.1, 0.15) is 10.9 Å². The van der Waals surface area contributed by atoms with Gasteiger partial charge in [0, 0.05) is 16.0 Å². The quantitative estimate of drug-likeness (QED) is 0.195. The first kappa shape index (κ1) is 23.0. The molecule has 3 N–H and O–H groups in total. The zero-order chi connectivity index (χ0) is 25.2. The lowest BCUT2D eigenvalue weighted by Crippen LogP contribution is -2.34. The SMILES string of the molecule is O=C(NN=Cc1ccc(Cn2[nH]c(=O)c3[nH]c4cc(Cl)ccc4c(=O)c3c2=O)cc1)c1ccccc1. The monoisotopic (exact) mass is 499 g/mol. The third kappa shape index (κ3) is 4.47. The van der Waals surface area contributed by atoms with Crippen LogP contribution in [0.5, 0.6) is 0 Å². The molecule has 2 heterocycles. The molecule has 36 heavy (non-hydrogen) atoms. The highest BCUT2D eigenvalue weighted by molar-refractivity contribution is 6.31. The number of hydrazone groups is 1. The summed E-state index contributed by atoms with van der Waals surface area (Å²) in [5.41, 5.74) is 2.91. The number of fused-ring (bicyclic) bond motifs is 2. The van der Waals surface area contributed by atoms with E-state index in [1.807, 2.05) is 6.07 Å². The Kier molecular flexibility index (Phi) is 6.05. The van der Waals surface area contributed by atoms with Gasteiger partial charge in [-0.05, 0) is 41.5 Å². The topological polar surface area (TPSA) is 129 Å². The second-order valence-electron chi connectivity index (χ2n) is 8.03. The molecule has 0 atom stereocenters. The number of pyridine rings is 1. The number of hydrogen-bond donors (Lipinski definition) is 3. The van der Waals surface area contributed by atoms with Crippen molar-refractivity contribution in [2.75, 3.05) is 0 Å². The van der Waals surface area contributed by atoms with Crippen LogP contribution >= 0.6 is 11.6 Å². The minimum atomic E-state index is -0.614. The van der Waals surface area contributed by atoms with Gasteiger partial charge in [0.2, 0.25) is 5.43 Å². The number of amides is 1. The molecule has 9 nitrogen and oxygen atoms in total. The van der Waals surface area contributed by atoms with Gasteiger partial charge in [-0.25, -0.2) is 10.1 Å². The maximum absolute atomic E-state index is 13.1.